The van der Waals surface area contributed by atoms with Crippen LogP contribution in [-0.2, 0) is 20.9 Å². The van der Waals surface area contributed by atoms with Gasteiger partial charge in [-0.1, -0.05) is 18.2 Å². The summed E-state index contributed by atoms with van der Waals surface area (Å²) in [5, 5.41) is 13.2. The summed E-state index contributed by atoms with van der Waals surface area (Å²) in [6.45, 7) is 6.41. The quantitative estimate of drug-likeness (QED) is 0.229. The minimum absolute atomic E-state index is 0.229. The molecule has 3 N–H and O–H groups in total. The van der Waals surface area contributed by atoms with Gasteiger partial charge in [0.1, 0.15) is 17.9 Å². The van der Waals surface area contributed by atoms with E-state index in [1.54, 1.807) is 43.6 Å². The van der Waals surface area contributed by atoms with Crippen LogP contribution in [0.2, 0.25) is 0 Å². The zero-order valence-electron chi connectivity index (χ0n) is 22.6. The number of esters is 1. The topological polar surface area (TPSA) is 130 Å². The number of para-hydroxylation sites is 1. The number of carbonyl (C=O) groups excluding carboxylic acids is 3. The minimum atomic E-state index is -0.948. The van der Waals surface area contributed by atoms with Gasteiger partial charge in [-0.05, 0) is 63.6 Å². The molecule has 0 saturated carbocycles. The zero-order valence-corrected chi connectivity index (χ0v) is 22.6. The molecule has 39 heavy (non-hydrogen) atoms. The Labute approximate surface area is 227 Å². The number of aryl methyl sites for hydroxylation is 1. The summed E-state index contributed by atoms with van der Waals surface area (Å²) in [7, 11) is 1.32. The van der Waals surface area contributed by atoms with Crippen LogP contribution in [0.25, 0.3) is 10.9 Å². The van der Waals surface area contributed by atoms with E-state index in [9.17, 15) is 19.6 Å². The lowest BCUT2D eigenvalue weighted by Gasteiger charge is -2.44. The number of ether oxygens (including phenoxy) is 2. The van der Waals surface area contributed by atoms with E-state index in [0.29, 0.717) is 30.9 Å². The zero-order chi connectivity index (χ0) is 28.2. The lowest BCUT2D eigenvalue weighted by molar-refractivity contribution is -0.155. The van der Waals surface area contributed by atoms with Crippen molar-refractivity contribution in [1.82, 2.24) is 20.7 Å². The van der Waals surface area contributed by atoms with Crippen LogP contribution in [-0.4, -0.2) is 64.7 Å². The highest BCUT2D eigenvalue weighted by molar-refractivity contribution is 5.95. The van der Waals surface area contributed by atoms with E-state index in [1.807, 2.05) is 42.2 Å². The van der Waals surface area contributed by atoms with Crippen molar-refractivity contribution in [3.63, 3.8) is 0 Å². The van der Waals surface area contributed by atoms with Crippen LogP contribution in [0, 0.1) is 12.8 Å². The SMILES string of the molecule is COC(=O)C(C)(C)N1CCC(C(=O)NO)C(NC(=O)c2ccc(OCc3cc(C)nc4ccccc34)cc2)C1. The molecule has 10 heteroatoms. The Morgan fingerprint density at radius 3 is 2.54 bits per heavy atom. The number of pyridine rings is 1. The van der Waals surface area contributed by atoms with Gasteiger partial charge in [0.25, 0.3) is 5.91 Å². The third-order valence-corrected chi connectivity index (χ3v) is 7.29. The summed E-state index contributed by atoms with van der Waals surface area (Å²) in [6.07, 6.45) is 0.341. The fourth-order valence-corrected chi connectivity index (χ4v) is 5.01. The number of aromatic nitrogens is 1. The molecule has 10 nitrogen and oxygen atoms in total. The van der Waals surface area contributed by atoms with Gasteiger partial charge in [-0.2, -0.15) is 0 Å². The molecule has 0 bridgehead atoms. The number of amides is 2. The lowest BCUT2D eigenvalue weighted by Crippen LogP contribution is -2.62. The smallest absolute Gasteiger partial charge is 0.325 e. The molecule has 0 radical (unpaired) electrons. The number of fused-ring (bicyclic) bond motifs is 1. The van der Waals surface area contributed by atoms with Crippen LogP contribution in [0.15, 0.2) is 54.6 Å². The molecular weight excluding hydrogens is 500 g/mol. The van der Waals surface area contributed by atoms with E-state index in [1.165, 1.54) is 7.11 Å². The molecule has 2 atom stereocenters. The van der Waals surface area contributed by atoms with E-state index in [-0.39, 0.29) is 12.5 Å². The Balaban J connectivity index is 1.44. The van der Waals surface area contributed by atoms with Gasteiger partial charge in [-0.15, -0.1) is 0 Å². The normalized spacial score (nSPS) is 17.9. The number of methoxy groups -OCH3 is 1. The van der Waals surface area contributed by atoms with Gasteiger partial charge < -0.3 is 14.8 Å². The average molecular weight is 535 g/mol. The second-order valence-corrected chi connectivity index (χ2v) is 10.2. The van der Waals surface area contributed by atoms with Gasteiger partial charge in [0.2, 0.25) is 5.91 Å². The first-order valence-corrected chi connectivity index (χ1v) is 12.8. The number of nitrogens with one attached hydrogen (secondary N) is 2. The van der Waals surface area contributed by atoms with Crippen molar-refractivity contribution in [2.75, 3.05) is 20.2 Å². The maximum atomic E-state index is 13.1. The summed E-state index contributed by atoms with van der Waals surface area (Å²) < 4.78 is 10.9. The number of rotatable bonds is 8. The molecule has 2 aromatic carbocycles. The van der Waals surface area contributed by atoms with Crippen molar-refractivity contribution in [3.05, 3.63) is 71.4 Å². The monoisotopic (exact) mass is 534 g/mol. The van der Waals surface area contributed by atoms with E-state index in [4.69, 9.17) is 9.47 Å². The molecule has 1 fully saturated rings. The maximum absolute atomic E-state index is 13.1. The molecule has 0 aliphatic carbocycles. The Morgan fingerprint density at radius 2 is 1.85 bits per heavy atom. The van der Waals surface area contributed by atoms with Gasteiger partial charge in [-0.3, -0.25) is 29.5 Å². The molecule has 206 valence electrons. The van der Waals surface area contributed by atoms with Crippen LogP contribution in [0.3, 0.4) is 0 Å². The van der Waals surface area contributed by atoms with E-state index >= 15 is 0 Å². The number of carbonyl (C=O) groups is 3. The Morgan fingerprint density at radius 1 is 1.13 bits per heavy atom. The molecule has 3 aromatic rings. The van der Waals surface area contributed by atoms with Crippen LogP contribution in [0.4, 0.5) is 0 Å². The summed E-state index contributed by atoms with van der Waals surface area (Å²) in [6, 6.07) is 16.0. The third-order valence-electron chi connectivity index (χ3n) is 7.29. The van der Waals surface area contributed by atoms with Crippen LogP contribution < -0.4 is 15.5 Å². The standard InChI is InChI=1S/C29H34N4O6/c1-18-15-20(22-7-5-6-8-24(22)30-18)17-39-21-11-9-19(10-12-21)26(34)31-25-16-33(29(2,3)28(36)38-4)14-13-23(25)27(35)32-37/h5-12,15,23,25,37H,13-14,16-17H2,1-4H3,(H,31,34)(H,32,35). The summed E-state index contributed by atoms with van der Waals surface area (Å²) in [5.41, 5.74) is 3.97. The van der Waals surface area contributed by atoms with Crippen molar-refractivity contribution < 1.29 is 29.1 Å². The molecule has 1 aliphatic heterocycles. The fraction of sp³-hybridized carbons (Fsp3) is 0.379. The molecular formula is C29H34N4O6. The molecule has 1 aliphatic rings. The van der Waals surface area contributed by atoms with Gasteiger partial charge in [-0.25, -0.2) is 5.48 Å². The average Bonchev–Trinajstić information content (AvgIpc) is 2.95. The van der Waals surface area contributed by atoms with Gasteiger partial charge in [0.05, 0.1) is 24.6 Å². The largest absolute Gasteiger partial charge is 0.489 e. The highest BCUT2D eigenvalue weighted by atomic mass is 16.5. The molecule has 2 heterocycles. The number of piperidine rings is 1. The van der Waals surface area contributed by atoms with Crippen molar-refractivity contribution in [1.29, 1.82) is 0 Å². The second kappa shape index (κ2) is 11.8. The molecule has 4 rings (SSSR count). The molecule has 1 aromatic heterocycles. The summed E-state index contributed by atoms with van der Waals surface area (Å²) >= 11 is 0. The number of hydrogen-bond donors (Lipinski definition) is 3. The summed E-state index contributed by atoms with van der Waals surface area (Å²) in [4.78, 5) is 44.2. The molecule has 1 saturated heterocycles. The molecule has 0 spiro atoms. The van der Waals surface area contributed by atoms with Gasteiger partial charge in [0, 0.05) is 35.3 Å². The van der Waals surface area contributed by atoms with Gasteiger partial charge in [0.15, 0.2) is 0 Å². The van der Waals surface area contributed by atoms with Crippen molar-refractivity contribution in [2.24, 2.45) is 5.92 Å². The van der Waals surface area contributed by atoms with E-state index < -0.39 is 29.4 Å². The highest BCUT2D eigenvalue weighted by Crippen LogP contribution is 2.26. The lowest BCUT2D eigenvalue weighted by atomic mass is 9.87. The number of benzene rings is 2. The maximum Gasteiger partial charge on any atom is 0.325 e. The number of likely N-dealkylation sites (tertiary alicyclic amines) is 1. The van der Waals surface area contributed by atoms with Crippen molar-refractivity contribution >= 4 is 28.7 Å². The molecule has 2 unspecified atom stereocenters. The van der Waals surface area contributed by atoms with Crippen LogP contribution in [0.1, 0.15) is 41.9 Å². The fourth-order valence-electron chi connectivity index (χ4n) is 5.01. The van der Waals surface area contributed by atoms with E-state index in [0.717, 1.165) is 22.2 Å². The van der Waals surface area contributed by atoms with Crippen molar-refractivity contribution in [3.8, 4) is 5.75 Å². The molecule has 2 amide bonds. The summed E-state index contributed by atoms with van der Waals surface area (Å²) in [5.74, 6) is -1.44. The van der Waals surface area contributed by atoms with Crippen LogP contribution in [0.5, 0.6) is 5.75 Å². The second-order valence-electron chi connectivity index (χ2n) is 10.2. The number of nitrogens with zero attached hydrogens (tertiary/aromatic N) is 2. The van der Waals surface area contributed by atoms with Crippen LogP contribution >= 0.6 is 0 Å². The predicted molar refractivity (Wildman–Crippen MR) is 144 cm³/mol. The first-order valence-electron chi connectivity index (χ1n) is 12.8. The van der Waals surface area contributed by atoms with E-state index in [2.05, 4.69) is 10.3 Å². The highest BCUT2D eigenvalue weighted by Gasteiger charge is 2.43. The Hall–Kier alpha value is -4.02. The first-order chi connectivity index (χ1) is 18.6. The first kappa shape index (κ1) is 28.0. The predicted octanol–water partition coefficient (Wildman–Crippen LogP) is 3.00. The Kier molecular flexibility index (Phi) is 8.47. The van der Waals surface area contributed by atoms with Crippen molar-refractivity contribution in [2.45, 2.75) is 45.4 Å². The third kappa shape index (κ3) is 6.18. The minimum Gasteiger partial charge on any atom is -0.489 e. The number of hydroxylamine groups is 1. The Bertz CT molecular complexity index is 1360. The number of hydrogen-bond acceptors (Lipinski definition) is 8. The van der Waals surface area contributed by atoms with Gasteiger partial charge >= 0.3 is 5.97 Å².